The quantitative estimate of drug-likeness (QED) is 0.881. The predicted octanol–water partition coefficient (Wildman–Crippen LogP) is 2.50. The Balaban J connectivity index is 2.23. The molecular weight excluding hydrogens is 294 g/mol. The van der Waals surface area contributed by atoms with Crippen molar-refractivity contribution in [3.05, 3.63) is 46.6 Å². The summed E-state index contributed by atoms with van der Waals surface area (Å²) in [6.45, 7) is 1.96. The summed E-state index contributed by atoms with van der Waals surface area (Å²) in [5, 5.41) is 7.15. The average molecular weight is 308 g/mol. The molecule has 0 aliphatic heterocycles. The lowest BCUT2D eigenvalue weighted by atomic mass is 10.2. The molecule has 0 radical (unpaired) electrons. The number of amides is 1. The van der Waals surface area contributed by atoms with E-state index in [1.54, 1.807) is 38.2 Å². The number of carbonyl (C=O) groups excluding carboxylic acids is 2. The van der Waals surface area contributed by atoms with E-state index in [0.29, 0.717) is 10.6 Å². The van der Waals surface area contributed by atoms with E-state index >= 15 is 0 Å². The molecule has 1 aromatic heterocycles. The Bertz CT molecular complexity index is 665. The number of aromatic nitrogens is 2. The van der Waals surface area contributed by atoms with E-state index in [4.69, 9.17) is 16.3 Å². The van der Waals surface area contributed by atoms with Gasteiger partial charge in [-0.2, -0.15) is 5.10 Å². The third-order valence-corrected chi connectivity index (χ3v) is 3.02. The molecule has 0 fully saturated rings. The van der Waals surface area contributed by atoms with Crippen molar-refractivity contribution >= 4 is 29.3 Å². The maximum absolute atomic E-state index is 12.2. The normalized spacial score (nSPS) is 10.2. The molecule has 0 atom stereocenters. The summed E-state index contributed by atoms with van der Waals surface area (Å²) in [5.74, 6) is -0.605. The second-order valence-corrected chi connectivity index (χ2v) is 4.65. The lowest BCUT2D eigenvalue weighted by Gasteiger charge is -2.08. The van der Waals surface area contributed by atoms with Crippen molar-refractivity contribution in [2.75, 3.05) is 11.9 Å². The van der Waals surface area contributed by atoms with E-state index in [1.807, 2.05) is 0 Å². The zero-order chi connectivity index (χ0) is 15.4. The molecule has 2 aromatic rings. The highest BCUT2D eigenvalue weighted by Crippen LogP contribution is 2.17. The predicted molar refractivity (Wildman–Crippen MR) is 78.6 cm³/mol. The molecule has 1 amide bonds. The van der Waals surface area contributed by atoms with Crippen molar-refractivity contribution in [3.8, 4) is 0 Å². The summed E-state index contributed by atoms with van der Waals surface area (Å²) < 4.78 is 6.33. The maximum Gasteiger partial charge on any atom is 0.343 e. The van der Waals surface area contributed by atoms with Crippen molar-refractivity contribution in [1.29, 1.82) is 0 Å². The topological polar surface area (TPSA) is 73.2 Å². The van der Waals surface area contributed by atoms with Gasteiger partial charge in [0, 0.05) is 17.6 Å². The number of esters is 1. The zero-order valence-electron chi connectivity index (χ0n) is 11.6. The number of hydrogen-bond acceptors (Lipinski definition) is 4. The first-order valence-corrected chi connectivity index (χ1v) is 6.66. The third-order valence-electron chi connectivity index (χ3n) is 2.77. The van der Waals surface area contributed by atoms with Crippen LogP contribution in [0.4, 0.5) is 5.82 Å². The molecule has 0 saturated heterocycles. The molecule has 0 aliphatic rings. The molecule has 1 N–H and O–H groups in total. The largest absolute Gasteiger partial charge is 0.462 e. The third kappa shape index (κ3) is 3.41. The highest BCUT2D eigenvalue weighted by atomic mass is 35.5. The van der Waals surface area contributed by atoms with Gasteiger partial charge in [-0.3, -0.25) is 9.48 Å². The first-order valence-electron chi connectivity index (χ1n) is 6.29. The van der Waals surface area contributed by atoms with E-state index in [0.717, 1.165) is 0 Å². The van der Waals surface area contributed by atoms with E-state index in [2.05, 4.69) is 10.4 Å². The van der Waals surface area contributed by atoms with Crippen LogP contribution in [-0.2, 0) is 11.8 Å². The van der Waals surface area contributed by atoms with Gasteiger partial charge in [-0.05, 0) is 31.2 Å². The van der Waals surface area contributed by atoms with E-state index < -0.39 is 5.97 Å². The number of carbonyl (C=O) groups is 2. The number of benzene rings is 1. The Hall–Kier alpha value is -2.34. The van der Waals surface area contributed by atoms with Crippen LogP contribution in [0.1, 0.15) is 27.6 Å². The van der Waals surface area contributed by atoms with Gasteiger partial charge in [0.25, 0.3) is 5.91 Å². The van der Waals surface area contributed by atoms with Gasteiger partial charge in [-0.25, -0.2) is 4.79 Å². The van der Waals surface area contributed by atoms with Gasteiger partial charge in [-0.15, -0.1) is 0 Å². The minimum absolute atomic E-state index is 0.210. The highest BCUT2D eigenvalue weighted by molar-refractivity contribution is 6.30. The maximum atomic E-state index is 12.2. The molecule has 7 heteroatoms. The number of rotatable bonds is 4. The van der Waals surface area contributed by atoms with Crippen LogP contribution in [0.5, 0.6) is 0 Å². The number of ether oxygens (including phenoxy) is 1. The van der Waals surface area contributed by atoms with Gasteiger partial charge in [0.2, 0.25) is 0 Å². The molecule has 0 saturated carbocycles. The van der Waals surface area contributed by atoms with E-state index in [1.165, 1.54) is 10.9 Å². The monoisotopic (exact) mass is 307 g/mol. The van der Waals surface area contributed by atoms with Crippen LogP contribution in [0.2, 0.25) is 5.02 Å². The Morgan fingerprint density at radius 2 is 2.00 bits per heavy atom. The molecule has 21 heavy (non-hydrogen) atoms. The van der Waals surface area contributed by atoms with Crippen LogP contribution in [0, 0.1) is 0 Å². The standard InChI is InChI=1S/C14H14ClN3O3/c1-3-21-14(20)11-8-16-18(2)12(11)17-13(19)9-4-6-10(15)7-5-9/h4-8H,3H2,1-2H3,(H,17,19). The first-order chi connectivity index (χ1) is 10.0. The fourth-order valence-corrected chi connectivity index (χ4v) is 1.85. The van der Waals surface area contributed by atoms with Crippen LogP contribution in [0.25, 0.3) is 0 Å². The Labute approximate surface area is 126 Å². The average Bonchev–Trinajstić information content (AvgIpc) is 2.81. The van der Waals surface area contributed by atoms with Crippen molar-refractivity contribution in [2.45, 2.75) is 6.92 Å². The van der Waals surface area contributed by atoms with Gasteiger partial charge in [0.1, 0.15) is 11.4 Å². The van der Waals surface area contributed by atoms with Crippen LogP contribution in [0.15, 0.2) is 30.5 Å². The second kappa shape index (κ2) is 6.41. The number of anilines is 1. The van der Waals surface area contributed by atoms with Crippen LogP contribution >= 0.6 is 11.6 Å². The Morgan fingerprint density at radius 3 is 2.62 bits per heavy atom. The highest BCUT2D eigenvalue weighted by Gasteiger charge is 2.19. The van der Waals surface area contributed by atoms with Crippen LogP contribution in [0.3, 0.4) is 0 Å². The fraction of sp³-hybridized carbons (Fsp3) is 0.214. The fourth-order valence-electron chi connectivity index (χ4n) is 1.72. The minimum atomic E-state index is -0.531. The number of nitrogens with one attached hydrogen (secondary N) is 1. The van der Waals surface area contributed by atoms with Crippen LogP contribution < -0.4 is 5.32 Å². The Kier molecular flexibility index (Phi) is 4.59. The SMILES string of the molecule is CCOC(=O)c1cnn(C)c1NC(=O)c1ccc(Cl)cc1. The molecule has 0 bridgehead atoms. The van der Waals surface area contributed by atoms with Gasteiger partial charge in [0.15, 0.2) is 0 Å². The van der Waals surface area contributed by atoms with Crippen molar-refractivity contribution < 1.29 is 14.3 Å². The second-order valence-electron chi connectivity index (χ2n) is 4.21. The number of nitrogens with zero attached hydrogens (tertiary/aromatic N) is 2. The van der Waals surface area contributed by atoms with Crippen molar-refractivity contribution in [3.63, 3.8) is 0 Å². The molecule has 2 rings (SSSR count). The lowest BCUT2D eigenvalue weighted by Crippen LogP contribution is -2.17. The van der Waals surface area contributed by atoms with Gasteiger partial charge in [0.05, 0.1) is 12.8 Å². The molecule has 1 aromatic carbocycles. The summed E-state index contributed by atoms with van der Waals surface area (Å²) in [7, 11) is 1.63. The molecule has 6 nitrogen and oxygen atoms in total. The summed E-state index contributed by atoms with van der Waals surface area (Å²) in [6, 6.07) is 6.42. The van der Waals surface area contributed by atoms with Gasteiger partial charge in [-0.1, -0.05) is 11.6 Å². The summed E-state index contributed by atoms with van der Waals surface area (Å²) >= 11 is 5.78. The molecule has 110 valence electrons. The Morgan fingerprint density at radius 1 is 1.33 bits per heavy atom. The molecular formula is C14H14ClN3O3. The number of aryl methyl sites for hydroxylation is 1. The molecule has 0 spiro atoms. The molecule has 0 aliphatic carbocycles. The van der Waals surface area contributed by atoms with E-state index in [-0.39, 0.29) is 23.9 Å². The van der Waals surface area contributed by atoms with Crippen molar-refractivity contribution in [2.24, 2.45) is 7.05 Å². The lowest BCUT2D eigenvalue weighted by molar-refractivity contribution is 0.0527. The molecule has 1 heterocycles. The number of hydrogen-bond donors (Lipinski definition) is 1. The van der Waals surface area contributed by atoms with Crippen molar-refractivity contribution in [1.82, 2.24) is 9.78 Å². The summed E-state index contributed by atoms with van der Waals surface area (Å²) in [5.41, 5.74) is 0.636. The van der Waals surface area contributed by atoms with E-state index in [9.17, 15) is 9.59 Å². The first kappa shape index (κ1) is 15.1. The smallest absolute Gasteiger partial charge is 0.343 e. The van der Waals surface area contributed by atoms with Crippen LogP contribution in [-0.4, -0.2) is 28.3 Å². The van der Waals surface area contributed by atoms with Gasteiger partial charge >= 0.3 is 5.97 Å². The minimum Gasteiger partial charge on any atom is -0.462 e. The number of halogens is 1. The molecule has 0 unspecified atom stereocenters. The summed E-state index contributed by atoms with van der Waals surface area (Å²) in [6.07, 6.45) is 1.36. The summed E-state index contributed by atoms with van der Waals surface area (Å²) in [4.78, 5) is 24.0. The van der Waals surface area contributed by atoms with Gasteiger partial charge < -0.3 is 10.1 Å². The zero-order valence-corrected chi connectivity index (χ0v) is 12.3.